The van der Waals surface area contributed by atoms with E-state index in [-0.39, 0.29) is 29.9 Å². The standard InChI is InChI=1S/C21H36N6O.HI/c1-5-26(20-8-6-7-18(2)17-20)12-10-24-21(22-4)23-9-11-25-13-15-27(16-14-25)19(3)28;/h6-8,17H,5,9-16H2,1-4H3,(H2,22,23,24);1H. The molecule has 1 fully saturated rings. The fourth-order valence-corrected chi connectivity index (χ4v) is 3.44. The van der Waals surface area contributed by atoms with Crippen molar-refractivity contribution in [2.75, 3.05) is 70.9 Å². The number of aryl methyl sites for hydroxylation is 1. The molecule has 0 bridgehead atoms. The largest absolute Gasteiger partial charge is 0.370 e. The third-order valence-electron chi connectivity index (χ3n) is 5.18. The van der Waals surface area contributed by atoms with Crippen LogP contribution >= 0.6 is 24.0 Å². The first kappa shape index (κ1) is 25.5. The zero-order valence-electron chi connectivity index (χ0n) is 18.3. The Balaban J connectivity index is 0.00000420. The lowest BCUT2D eigenvalue weighted by Crippen LogP contribution is -2.50. The SMILES string of the molecule is CCN(CCNC(=NC)NCCN1CCN(C(C)=O)CC1)c1cccc(C)c1.I. The van der Waals surface area contributed by atoms with Crippen LogP contribution < -0.4 is 15.5 Å². The molecule has 0 aliphatic carbocycles. The van der Waals surface area contributed by atoms with Crippen LogP contribution in [-0.4, -0.2) is 87.6 Å². The van der Waals surface area contributed by atoms with E-state index < -0.39 is 0 Å². The highest BCUT2D eigenvalue weighted by atomic mass is 127. The van der Waals surface area contributed by atoms with Gasteiger partial charge in [0, 0.05) is 78.6 Å². The average Bonchev–Trinajstić information content (AvgIpc) is 2.70. The van der Waals surface area contributed by atoms with Crippen molar-refractivity contribution in [2.24, 2.45) is 4.99 Å². The summed E-state index contributed by atoms with van der Waals surface area (Å²) < 4.78 is 0. The molecule has 2 rings (SSSR count). The van der Waals surface area contributed by atoms with Crippen molar-refractivity contribution >= 4 is 41.5 Å². The fraction of sp³-hybridized carbons (Fsp3) is 0.619. The van der Waals surface area contributed by atoms with Crippen LogP contribution in [0.2, 0.25) is 0 Å². The van der Waals surface area contributed by atoms with Gasteiger partial charge in [-0.2, -0.15) is 0 Å². The summed E-state index contributed by atoms with van der Waals surface area (Å²) in [7, 11) is 1.80. The van der Waals surface area contributed by atoms with Crippen LogP contribution in [0.1, 0.15) is 19.4 Å². The Morgan fingerprint density at radius 3 is 2.45 bits per heavy atom. The van der Waals surface area contributed by atoms with Crippen molar-refractivity contribution in [3.8, 4) is 0 Å². The molecule has 1 saturated heterocycles. The van der Waals surface area contributed by atoms with E-state index in [0.717, 1.165) is 64.9 Å². The number of benzene rings is 1. The second-order valence-electron chi connectivity index (χ2n) is 7.19. The zero-order valence-corrected chi connectivity index (χ0v) is 20.6. The van der Waals surface area contributed by atoms with Gasteiger partial charge in [-0.15, -0.1) is 24.0 Å². The molecular weight excluding hydrogens is 479 g/mol. The van der Waals surface area contributed by atoms with Gasteiger partial charge in [-0.05, 0) is 31.5 Å². The highest BCUT2D eigenvalue weighted by Crippen LogP contribution is 2.14. The normalized spacial score (nSPS) is 14.9. The van der Waals surface area contributed by atoms with Crippen LogP contribution in [0.5, 0.6) is 0 Å². The molecule has 1 heterocycles. The molecule has 0 atom stereocenters. The van der Waals surface area contributed by atoms with E-state index in [1.807, 2.05) is 4.90 Å². The Labute approximate surface area is 192 Å². The number of nitrogens with zero attached hydrogens (tertiary/aromatic N) is 4. The number of carbonyl (C=O) groups excluding carboxylic acids is 1. The van der Waals surface area contributed by atoms with Crippen molar-refractivity contribution in [3.05, 3.63) is 29.8 Å². The van der Waals surface area contributed by atoms with Crippen LogP contribution in [0.3, 0.4) is 0 Å². The summed E-state index contributed by atoms with van der Waals surface area (Å²) in [4.78, 5) is 22.4. The number of hydrogen-bond acceptors (Lipinski definition) is 4. The summed E-state index contributed by atoms with van der Waals surface area (Å²) in [5.74, 6) is 1.01. The molecule has 29 heavy (non-hydrogen) atoms. The Morgan fingerprint density at radius 1 is 1.17 bits per heavy atom. The van der Waals surface area contributed by atoms with Gasteiger partial charge in [0.2, 0.25) is 5.91 Å². The van der Waals surface area contributed by atoms with Crippen LogP contribution in [0.15, 0.2) is 29.3 Å². The van der Waals surface area contributed by atoms with Gasteiger partial charge in [-0.25, -0.2) is 0 Å². The summed E-state index contributed by atoms with van der Waals surface area (Å²) in [5.41, 5.74) is 2.54. The fourth-order valence-electron chi connectivity index (χ4n) is 3.44. The number of piperazine rings is 1. The maximum atomic E-state index is 11.4. The number of carbonyl (C=O) groups is 1. The van der Waals surface area contributed by atoms with Gasteiger partial charge in [0.1, 0.15) is 0 Å². The Bertz CT molecular complexity index is 646. The number of aliphatic imine (C=N–C) groups is 1. The summed E-state index contributed by atoms with van der Waals surface area (Å²) in [6, 6.07) is 8.62. The zero-order chi connectivity index (χ0) is 20.4. The highest BCUT2D eigenvalue weighted by molar-refractivity contribution is 14.0. The first-order chi connectivity index (χ1) is 13.5. The lowest BCUT2D eigenvalue weighted by Gasteiger charge is -2.34. The summed E-state index contributed by atoms with van der Waals surface area (Å²) in [6.45, 7) is 14.0. The smallest absolute Gasteiger partial charge is 0.219 e. The average molecular weight is 516 g/mol. The number of hydrogen-bond donors (Lipinski definition) is 2. The first-order valence-electron chi connectivity index (χ1n) is 10.3. The Hall–Kier alpha value is -1.55. The van der Waals surface area contributed by atoms with Crippen molar-refractivity contribution in [1.82, 2.24) is 20.4 Å². The number of halogens is 1. The highest BCUT2D eigenvalue weighted by Gasteiger charge is 2.17. The molecule has 0 saturated carbocycles. The molecule has 0 unspecified atom stereocenters. The number of anilines is 1. The van der Waals surface area contributed by atoms with E-state index in [1.54, 1.807) is 14.0 Å². The molecule has 2 N–H and O–H groups in total. The molecule has 1 amide bonds. The van der Waals surface area contributed by atoms with Crippen LogP contribution in [0, 0.1) is 6.92 Å². The lowest BCUT2D eigenvalue weighted by atomic mass is 10.2. The second kappa shape index (κ2) is 13.6. The van der Waals surface area contributed by atoms with Crippen molar-refractivity contribution in [2.45, 2.75) is 20.8 Å². The maximum Gasteiger partial charge on any atom is 0.219 e. The number of amides is 1. The predicted molar refractivity (Wildman–Crippen MR) is 133 cm³/mol. The van der Waals surface area contributed by atoms with Crippen LogP contribution in [0.25, 0.3) is 0 Å². The number of likely N-dealkylation sites (N-methyl/N-ethyl adjacent to an activating group) is 1. The Morgan fingerprint density at radius 2 is 1.86 bits per heavy atom. The van der Waals surface area contributed by atoms with E-state index in [4.69, 9.17) is 0 Å². The van der Waals surface area contributed by atoms with Gasteiger partial charge in [0.05, 0.1) is 0 Å². The number of nitrogens with one attached hydrogen (secondary N) is 2. The van der Waals surface area contributed by atoms with Gasteiger partial charge in [0.15, 0.2) is 5.96 Å². The molecule has 0 spiro atoms. The molecule has 1 aromatic rings. The molecule has 164 valence electrons. The monoisotopic (exact) mass is 516 g/mol. The molecule has 7 nitrogen and oxygen atoms in total. The van der Waals surface area contributed by atoms with Gasteiger partial charge in [-0.1, -0.05) is 12.1 Å². The first-order valence-corrected chi connectivity index (χ1v) is 10.3. The molecule has 8 heteroatoms. The van der Waals surface area contributed by atoms with Gasteiger partial charge < -0.3 is 20.4 Å². The third-order valence-corrected chi connectivity index (χ3v) is 5.18. The van der Waals surface area contributed by atoms with Gasteiger partial charge in [-0.3, -0.25) is 14.7 Å². The number of guanidine groups is 1. The van der Waals surface area contributed by atoms with Crippen molar-refractivity contribution in [3.63, 3.8) is 0 Å². The summed E-state index contributed by atoms with van der Waals surface area (Å²) >= 11 is 0. The van der Waals surface area contributed by atoms with Crippen LogP contribution in [-0.2, 0) is 4.79 Å². The molecule has 1 aliphatic heterocycles. The molecule has 0 radical (unpaired) electrons. The summed E-state index contributed by atoms with van der Waals surface area (Å²) in [6.07, 6.45) is 0. The number of rotatable bonds is 8. The predicted octanol–water partition coefficient (Wildman–Crippen LogP) is 1.77. The topological polar surface area (TPSA) is 63.2 Å². The minimum atomic E-state index is 0. The Kier molecular flexibility index (Phi) is 12.0. The minimum Gasteiger partial charge on any atom is -0.370 e. The van der Waals surface area contributed by atoms with E-state index >= 15 is 0 Å². The maximum absolute atomic E-state index is 11.4. The van der Waals surface area contributed by atoms with Crippen LogP contribution in [0.4, 0.5) is 5.69 Å². The van der Waals surface area contributed by atoms with Crippen molar-refractivity contribution < 1.29 is 4.79 Å². The van der Waals surface area contributed by atoms with E-state index in [2.05, 4.69) is 63.5 Å². The minimum absolute atomic E-state index is 0. The lowest BCUT2D eigenvalue weighted by molar-refractivity contribution is -0.130. The molecular formula is C21H37IN6O. The third kappa shape index (κ3) is 8.77. The van der Waals surface area contributed by atoms with Gasteiger partial charge in [0.25, 0.3) is 0 Å². The molecule has 1 aromatic carbocycles. The van der Waals surface area contributed by atoms with E-state index in [0.29, 0.717) is 0 Å². The second-order valence-corrected chi connectivity index (χ2v) is 7.19. The quantitative estimate of drug-likeness (QED) is 0.314. The summed E-state index contributed by atoms with van der Waals surface area (Å²) in [5, 5.41) is 6.79. The van der Waals surface area contributed by atoms with E-state index in [9.17, 15) is 4.79 Å². The van der Waals surface area contributed by atoms with Crippen molar-refractivity contribution in [1.29, 1.82) is 0 Å². The van der Waals surface area contributed by atoms with E-state index in [1.165, 1.54) is 11.3 Å². The molecule has 0 aromatic heterocycles. The van der Waals surface area contributed by atoms with Gasteiger partial charge >= 0.3 is 0 Å². The molecule has 1 aliphatic rings.